The Kier molecular flexibility index (Phi) is 4.93. The molecule has 1 heterocycles. The topological polar surface area (TPSA) is 112 Å². The van der Waals surface area contributed by atoms with Gasteiger partial charge >= 0.3 is 0 Å². The number of benzene rings is 1. The number of nitrogens with one attached hydrogen (secondary N) is 2. The molecule has 22 heavy (non-hydrogen) atoms. The van der Waals surface area contributed by atoms with Gasteiger partial charge in [0, 0.05) is 0 Å². The van der Waals surface area contributed by atoms with Gasteiger partial charge in [-0.3, -0.25) is 4.79 Å². The number of hydrogen-bond donors (Lipinski definition) is 2. The molecule has 1 aromatic heterocycles. The average molecular weight is 319 g/mol. The Hall–Kier alpha value is -2.63. The molecule has 2 aromatic rings. The maximum absolute atomic E-state index is 12.0. The van der Waals surface area contributed by atoms with Crippen LogP contribution in [0.2, 0.25) is 0 Å². The van der Waals surface area contributed by atoms with E-state index in [-0.39, 0.29) is 18.0 Å². The van der Waals surface area contributed by atoms with Crippen molar-refractivity contribution < 1.29 is 17.6 Å². The van der Waals surface area contributed by atoms with Gasteiger partial charge in [0.2, 0.25) is 15.9 Å². The Balaban J connectivity index is 1.88. The van der Waals surface area contributed by atoms with Gasteiger partial charge in [0.25, 0.3) is 0 Å². The highest BCUT2D eigenvalue weighted by Gasteiger charge is 2.15. The zero-order chi connectivity index (χ0) is 16.0. The maximum atomic E-state index is 12.0. The van der Waals surface area contributed by atoms with E-state index in [4.69, 9.17) is 9.68 Å². The standard InChI is InChI=1S/C14H13N3O4S/c15-8-11-3-5-13(6-4-11)22(19,20)17-10-14(18)16-9-12-2-1-7-21-12/h1-7,17H,9-10H2,(H,16,18). The summed E-state index contributed by atoms with van der Waals surface area (Å²) in [4.78, 5) is 11.6. The summed E-state index contributed by atoms with van der Waals surface area (Å²) < 4.78 is 31.2. The van der Waals surface area contributed by atoms with Gasteiger partial charge in [0.1, 0.15) is 5.76 Å². The molecule has 0 aliphatic carbocycles. The molecule has 0 bridgehead atoms. The lowest BCUT2D eigenvalue weighted by atomic mass is 10.2. The number of carbonyl (C=O) groups is 1. The molecule has 0 atom stereocenters. The zero-order valence-electron chi connectivity index (χ0n) is 11.4. The molecule has 1 aromatic carbocycles. The van der Waals surface area contributed by atoms with E-state index in [0.29, 0.717) is 11.3 Å². The van der Waals surface area contributed by atoms with Gasteiger partial charge in [-0.25, -0.2) is 13.1 Å². The van der Waals surface area contributed by atoms with Crippen molar-refractivity contribution in [1.82, 2.24) is 10.0 Å². The summed E-state index contributed by atoms with van der Waals surface area (Å²) in [6, 6.07) is 10.7. The van der Waals surface area contributed by atoms with Crippen LogP contribution < -0.4 is 10.0 Å². The zero-order valence-corrected chi connectivity index (χ0v) is 12.3. The lowest BCUT2D eigenvalue weighted by molar-refractivity contribution is -0.120. The van der Waals surface area contributed by atoms with Gasteiger partial charge in [-0.15, -0.1) is 0 Å². The molecule has 1 amide bonds. The smallest absolute Gasteiger partial charge is 0.241 e. The summed E-state index contributed by atoms with van der Waals surface area (Å²) >= 11 is 0. The third-order valence-corrected chi connectivity index (χ3v) is 4.17. The predicted octanol–water partition coefficient (Wildman–Crippen LogP) is 0.746. The fraction of sp³-hybridized carbons (Fsp3) is 0.143. The lowest BCUT2D eigenvalue weighted by Crippen LogP contribution is -2.36. The van der Waals surface area contributed by atoms with Crippen LogP contribution in [-0.2, 0) is 21.4 Å². The second kappa shape index (κ2) is 6.89. The quantitative estimate of drug-likeness (QED) is 0.815. The van der Waals surface area contributed by atoms with Crippen molar-refractivity contribution >= 4 is 15.9 Å². The molecule has 0 radical (unpaired) electrons. The average Bonchev–Trinajstić information content (AvgIpc) is 3.04. The Morgan fingerprint density at radius 1 is 1.23 bits per heavy atom. The molecular weight excluding hydrogens is 306 g/mol. The number of rotatable bonds is 6. The highest BCUT2D eigenvalue weighted by molar-refractivity contribution is 7.89. The molecule has 7 nitrogen and oxygen atoms in total. The van der Waals surface area contributed by atoms with Gasteiger partial charge < -0.3 is 9.73 Å². The third kappa shape index (κ3) is 4.18. The Labute approximate surface area is 127 Å². The molecule has 0 aliphatic heterocycles. The predicted molar refractivity (Wildman–Crippen MR) is 76.9 cm³/mol. The number of sulfonamides is 1. The molecule has 0 saturated heterocycles. The van der Waals surface area contributed by atoms with Crippen LogP contribution in [0.25, 0.3) is 0 Å². The van der Waals surface area contributed by atoms with Crippen LogP contribution in [0.3, 0.4) is 0 Å². The third-order valence-electron chi connectivity index (χ3n) is 2.76. The minimum atomic E-state index is -3.80. The molecule has 0 spiro atoms. The Bertz CT molecular complexity index is 774. The van der Waals surface area contributed by atoms with E-state index in [9.17, 15) is 13.2 Å². The minimum absolute atomic E-state index is 0.00895. The highest BCUT2D eigenvalue weighted by atomic mass is 32.2. The van der Waals surface area contributed by atoms with Crippen molar-refractivity contribution in [2.45, 2.75) is 11.4 Å². The van der Waals surface area contributed by atoms with E-state index in [1.807, 2.05) is 6.07 Å². The molecule has 0 saturated carbocycles. The first-order valence-corrected chi connectivity index (χ1v) is 7.78. The molecule has 0 fully saturated rings. The van der Waals surface area contributed by atoms with Gasteiger partial charge in [-0.2, -0.15) is 5.26 Å². The van der Waals surface area contributed by atoms with Crippen LogP contribution in [0.1, 0.15) is 11.3 Å². The van der Waals surface area contributed by atoms with E-state index < -0.39 is 15.9 Å². The lowest BCUT2D eigenvalue weighted by Gasteiger charge is -2.07. The molecule has 0 aliphatic rings. The molecule has 2 rings (SSSR count). The molecular formula is C14H13N3O4S. The number of carbonyl (C=O) groups excluding carboxylic acids is 1. The number of nitrogens with zero attached hydrogens (tertiary/aromatic N) is 1. The number of hydrogen-bond acceptors (Lipinski definition) is 5. The molecule has 2 N–H and O–H groups in total. The summed E-state index contributed by atoms with van der Waals surface area (Å²) in [6.07, 6.45) is 1.48. The fourth-order valence-corrected chi connectivity index (χ4v) is 2.60. The van der Waals surface area contributed by atoms with Crippen molar-refractivity contribution in [1.29, 1.82) is 5.26 Å². The first-order chi connectivity index (χ1) is 10.5. The van der Waals surface area contributed by atoms with Gasteiger partial charge in [0.05, 0.1) is 35.9 Å². The largest absolute Gasteiger partial charge is 0.467 e. The Morgan fingerprint density at radius 3 is 2.55 bits per heavy atom. The SMILES string of the molecule is N#Cc1ccc(S(=O)(=O)NCC(=O)NCc2ccco2)cc1. The van der Waals surface area contributed by atoms with E-state index >= 15 is 0 Å². The second-order valence-corrected chi connectivity index (χ2v) is 6.08. The van der Waals surface area contributed by atoms with Crippen molar-refractivity contribution in [2.24, 2.45) is 0 Å². The van der Waals surface area contributed by atoms with Crippen molar-refractivity contribution in [3.63, 3.8) is 0 Å². The minimum Gasteiger partial charge on any atom is -0.467 e. The van der Waals surface area contributed by atoms with Crippen molar-refractivity contribution in [2.75, 3.05) is 6.54 Å². The van der Waals surface area contributed by atoms with Crippen LogP contribution in [0, 0.1) is 11.3 Å². The highest BCUT2D eigenvalue weighted by Crippen LogP contribution is 2.09. The fourth-order valence-electron chi connectivity index (χ4n) is 1.61. The van der Waals surface area contributed by atoms with E-state index in [1.165, 1.54) is 30.5 Å². The molecule has 0 unspecified atom stereocenters. The van der Waals surface area contributed by atoms with Crippen LogP contribution in [-0.4, -0.2) is 20.9 Å². The van der Waals surface area contributed by atoms with Crippen molar-refractivity contribution in [3.05, 3.63) is 54.0 Å². The first-order valence-electron chi connectivity index (χ1n) is 6.30. The summed E-state index contributed by atoms with van der Waals surface area (Å²) in [5.41, 5.74) is 0.357. The summed E-state index contributed by atoms with van der Waals surface area (Å²) in [6.45, 7) is -0.201. The van der Waals surface area contributed by atoms with Gasteiger partial charge in [-0.1, -0.05) is 0 Å². The number of nitriles is 1. The Morgan fingerprint density at radius 2 is 1.95 bits per heavy atom. The maximum Gasteiger partial charge on any atom is 0.241 e. The monoisotopic (exact) mass is 319 g/mol. The van der Waals surface area contributed by atoms with Gasteiger partial charge in [-0.05, 0) is 36.4 Å². The molecule has 8 heteroatoms. The van der Waals surface area contributed by atoms with Gasteiger partial charge in [0.15, 0.2) is 0 Å². The second-order valence-electron chi connectivity index (χ2n) is 4.32. The van der Waals surface area contributed by atoms with Crippen LogP contribution in [0.15, 0.2) is 52.0 Å². The van der Waals surface area contributed by atoms with E-state index in [1.54, 1.807) is 12.1 Å². The number of furan rings is 1. The summed E-state index contributed by atoms with van der Waals surface area (Å²) in [5.74, 6) is 0.0944. The van der Waals surface area contributed by atoms with E-state index in [2.05, 4.69) is 10.0 Å². The van der Waals surface area contributed by atoms with Crippen LogP contribution in [0.5, 0.6) is 0 Å². The van der Waals surface area contributed by atoms with Crippen molar-refractivity contribution in [3.8, 4) is 6.07 Å². The molecule has 114 valence electrons. The van der Waals surface area contributed by atoms with Crippen LogP contribution in [0.4, 0.5) is 0 Å². The normalized spacial score (nSPS) is 10.9. The van der Waals surface area contributed by atoms with E-state index in [0.717, 1.165) is 0 Å². The van der Waals surface area contributed by atoms with Crippen LogP contribution >= 0.6 is 0 Å². The summed E-state index contributed by atoms with van der Waals surface area (Å²) in [5, 5.41) is 11.2. The summed E-state index contributed by atoms with van der Waals surface area (Å²) in [7, 11) is -3.80. The first kappa shape index (κ1) is 15.8. The number of amides is 1.